The summed E-state index contributed by atoms with van der Waals surface area (Å²) >= 11 is 0. The van der Waals surface area contributed by atoms with Gasteiger partial charge in [-0.25, -0.2) is 0 Å². The van der Waals surface area contributed by atoms with E-state index in [0.717, 1.165) is 56.6 Å². The lowest BCUT2D eigenvalue weighted by molar-refractivity contribution is -0.131. The van der Waals surface area contributed by atoms with Crippen LogP contribution in [0.3, 0.4) is 0 Å². The fourth-order valence-electron chi connectivity index (χ4n) is 3.15. The third kappa shape index (κ3) is 3.25. The lowest BCUT2D eigenvalue weighted by atomic mass is 10.0. The third-order valence-electron chi connectivity index (χ3n) is 4.68. The highest BCUT2D eigenvalue weighted by atomic mass is 16.5. The van der Waals surface area contributed by atoms with Crippen molar-refractivity contribution in [3.05, 3.63) is 30.4 Å². The van der Waals surface area contributed by atoms with Crippen LogP contribution in [0.2, 0.25) is 0 Å². The summed E-state index contributed by atoms with van der Waals surface area (Å²) in [5.41, 5.74) is 0.841. The van der Waals surface area contributed by atoms with Crippen molar-refractivity contribution in [1.29, 1.82) is 0 Å². The first-order valence-corrected chi connectivity index (χ1v) is 8.31. The Morgan fingerprint density at radius 1 is 1.35 bits per heavy atom. The van der Waals surface area contributed by atoms with E-state index >= 15 is 0 Å². The summed E-state index contributed by atoms with van der Waals surface area (Å²) < 4.78 is 5.30. The van der Waals surface area contributed by atoms with Gasteiger partial charge < -0.3 is 9.42 Å². The minimum atomic E-state index is 0.327. The largest absolute Gasteiger partial charge is 0.342 e. The predicted octanol–water partition coefficient (Wildman–Crippen LogP) is 2.32. The number of aromatic nitrogens is 3. The van der Waals surface area contributed by atoms with E-state index in [-0.39, 0.29) is 0 Å². The second-order valence-corrected chi connectivity index (χ2v) is 6.51. The van der Waals surface area contributed by atoms with Gasteiger partial charge in [0.1, 0.15) is 0 Å². The Hall–Kier alpha value is -2.24. The van der Waals surface area contributed by atoms with E-state index in [0.29, 0.717) is 23.6 Å². The molecular weight excluding hydrogens is 292 g/mol. The first-order chi connectivity index (χ1) is 11.3. The van der Waals surface area contributed by atoms with Gasteiger partial charge in [-0.05, 0) is 43.7 Å². The number of carbonyl (C=O) groups excluding carboxylic acids is 1. The van der Waals surface area contributed by atoms with Crippen LogP contribution in [0.4, 0.5) is 0 Å². The molecule has 120 valence electrons. The Labute approximate surface area is 134 Å². The summed E-state index contributed by atoms with van der Waals surface area (Å²) in [5, 5.41) is 4.05. The summed E-state index contributed by atoms with van der Waals surface area (Å²) in [4.78, 5) is 22.6. The number of hydrogen-bond donors (Lipinski definition) is 0. The van der Waals surface area contributed by atoms with Crippen LogP contribution in [0, 0.1) is 11.8 Å². The molecule has 0 N–H and O–H groups in total. The van der Waals surface area contributed by atoms with E-state index < -0.39 is 0 Å². The van der Waals surface area contributed by atoms with Crippen LogP contribution in [0.1, 0.15) is 31.5 Å². The normalized spacial score (nSPS) is 20.9. The predicted molar refractivity (Wildman–Crippen MR) is 83.3 cm³/mol. The summed E-state index contributed by atoms with van der Waals surface area (Å²) in [7, 11) is 0. The molecule has 1 saturated heterocycles. The van der Waals surface area contributed by atoms with Crippen molar-refractivity contribution in [3.63, 3.8) is 0 Å². The minimum absolute atomic E-state index is 0.327. The number of amides is 1. The molecule has 3 heterocycles. The van der Waals surface area contributed by atoms with Crippen LogP contribution in [-0.4, -0.2) is 39.0 Å². The maximum Gasteiger partial charge on any atom is 0.259 e. The Morgan fingerprint density at radius 3 is 3.04 bits per heavy atom. The Bertz CT molecular complexity index is 681. The number of nitrogens with zero attached hydrogens (tertiary/aromatic N) is 4. The molecule has 2 fully saturated rings. The van der Waals surface area contributed by atoms with Gasteiger partial charge in [-0.2, -0.15) is 4.98 Å². The highest BCUT2D eigenvalue weighted by Crippen LogP contribution is 2.33. The van der Waals surface area contributed by atoms with E-state index in [1.165, 1.54) is 0 Å². The average Bonchev–Trinajstić information content (AvgIpc) is 3.15. The molecule has 2 aliphatic rings. The fraction of sp³-hybridized carbons (Fsp3) is 0.529. The quantitative estimate of drug-likeness (QED) is 0.847. The Kier molecular flexibility index (Phi) is 3.81. The van der Waals surface area contributed by atoms with Gasteiger partial charge in [-0.15, -0.1) is 0 Å². The standard InChI is InChI=1S/C17H20N4O2/c22-17(13-4-5-13)21-9-7-12(11-21)3-6-15-19-16(23-20-15)14-2-1-8-18-10-14/h1-2,8,10,12-13H,3-7,9,11H2. The van der Waals surface area contributed by atoms with Gasteiger partial charge in [0.25, 0.3) is 5.89 Å². The van der Waals surface area contributed by atoms with Crippen LogP contribution >= 0.6 is 0 Å². The third-order valence-corrected chi connectivity index (χ3v) is 4.68. The maximum absolute atomic E-state index is 12.1. The molecule has 1 saturated carbocycles. The van der Waals surface area contributed by atoms with Crippen molar-refractivity contribution in [2.75, 3.05) is 13.1 Å². The number of aryl methyl sites for hydroxylation is 1. The smallest absolute Gasteiger partial charge is 0.259 e. The molecule has 1 unspecified atom stereocenters. The van der Waals surface area contributed by atoms with E-state index in [2.05, 4.69) is 15.1 Å². The number of likely N-dealkylation sites (tertiary alicyclic amines) is 1. The van der Waals surface area contributed by atoms with Crippen LogP contribution in [0.25, 0.3) is 11.5 Å². The molecule has 0 radical (unpaired) electrons. The zero-order valence-corrected chi connectivity index (χ0v) is 13.0. The van der Waals surface area contributed by atoms with Crippen LogP contribution in [0.15, 0.2) is 29.0 Å². The maximum atomic E-state index is 12.1. The highest BCUT2D eigenvalue weighted by Gasteiger charge is 2.36. The minimum Gasteiger partial charge on any atom is -0.342 e. The molecule has 6 heteroatoms. The van der Waals surface area contributed by atoms with Crippen molar-refractivity contribution < 1.29 is 9.32 Å². The number of pyridine rings is 1. The van der Waals surface area contributed by atoms with Gasteiger partial charge in [0.05, 0.1) is 5.56 Å². The van der Waals surface area contributed by atoms with Crippen molar-refractivity contribution in [3.8, 4) is 11.5 Å². The SMILES string of the molecule is O=C(C1CC1)N1CCC(CCc2noc(-c3cccnc3)n2)C1. The van der Waals surface area contributed by atoms with Crippen molar-refractivity contribution in [2.24, 2.45) is 11.8 Å². The summed E-state index contributed by atoms with van der Waals surface area (Å²) in [6, 6.07) is 3.76. The molecule has 6 nitrogen and oxygen atoms in total. The fourth-order valence-corrected chi connectivity index (χ4v) is 3.15. The zero-order valence-electron chi connectivity index (χ0n) is 13.0. The number of rotatable bonds is 5. The van der Waals surface area contributed by atoms with Crippen LogP contribution in [-0.2, 0) is 11.2 Å². The second kappa shape index (κ2) is 6.10. The van der Waals surface area contributed by atoms with Gasteiger partial charge in [-0.3, -0.25) is 9.78 Å². The molecule has 2 aromatic heterocycles. The first-order valence-electron chi connectivity index (χ1n) is 8.31. The zero-order chi connectivity index (χ0) is 15.6. The van der Waals surface area contributed by atoms with Gasteiger partial charge in [0.15, 0.2) is 5.82 Å². The molecule has 0 aromatic carbocycles. The molecule has 0 bridgehead atoms. The lowest BCUT2D eigenvalue weighted by Crippen LogP contribution is -2.29. The van der Waals surface area contributed by atoms with Crippen LogP contribution in [0.5, 0.6) is 0 Å². The summed E-state index contributed by atoms with van der Waals surface area (Å²) in [6.45, 7) is 1.80. The van der Waals surface area contributed by atoms with Crippen molar-refractivity contribution in [2.45, 2.75) is 32.1 Å². The number of carbonyl (C=O) groups is 1. The van der Waals surface area contributed by atoms with E-state index in [9.17, 15) is 4.79 Å². The topological polar surface area (TPSA) is 72.1 Å². The highest BCUT2D eigenvalue weighted by molar-refractivity contribution is 5.81. The molecule has 1 amide bonds. The second-order valence-electron chi connectivity index (χ2n) is 6.51. The molecule has 1 atom stereocenters. The molecule has 1 aliphatic heterocycles. The first kappa shape index (κ1) is 14.4. The van der Waals surface area contributed by atoms with Crippen molar-refractivity contribution >= 4 is 5.91 Å². The van der Waals surface area contributed by atoms with E-state index in [1.54, 1.807) is 12.4 Å². The molecule has 23 heavy (non-hydrogen) atoms. The average molecular weight is 312 g/mol. The van der Waals surface area contributed by atoms with Crippen molar-refractivity contribution in [1.82, 2.24) is 20.0 Å². The monoisotopic (exact) mass is 312 g/mol. The Morgan fingerprint density at radius 2 is 2.26 bits per heavy atom. The Balaban J connectivity index is 1.30. The van der Waals surface area contributed by atoms with Gasteiger partial charge in [0.2, 0.25) is 5.91 Å². The lowest BCUT2D eigenvalue weighted by Gasteiger charge is -2.15. The van der Waals surface area contributed by atoms with E-state index in [1.807, 2.05) is 17.0 Å². The molecule has 4 rings (SSSR count). The van der Waals surface area contributed by atoms with Crippen LogP contribution < -0.4 is 0 Å². The molecule has 0 spiro atoms. The molecular formula is C17H20N4O2. The summed E-state index contributed by atoms with van der Waals surface area (Å²) in [6.07, 6.45) is 8.48. The molecule has 2 aromatic rings. The van der Waals surface area contributed by atoms with E-state index in [4.69, 9.17) is 4.52 Å². The summed E-state index contributed by atoms with van der Waals surface area (Å²) in [5.74, 6) is 2.50. The van der Waals surface area contributed by atoms with Gasteiger partial charge in [0, 0.05) is 37.8 Å². The van der Waals surface area contributed by atoms with Gasteiger partial charge in [-0.1, -0.05) is 5.16 Å². The number of hydrogen-bond acceptors (Lipinski definition) is 5. The molecule has 1 aliphatic carbocycles. The van der Waals surface area contributed by atoms with Gasteiger partial charge >= 0.3 is 0 Å².